The van der Waals surface area contributed by atoms with Crippen molar-refractivity contribution in [2.45, 2.75) is 19.5 Å². The molecule has 1 aliphatic rings. The maximum absolute atomic E-state index is 12.9. The lowest BCUT2D eigenvalue weighted by atomic mass is 10.0. The summed E-state index contributed by atoms with van der Waals surface area (Å²) in [6, 6.07) is 15.5. The van der Waals surface area contributed by atoms with Crippen LogP contribution >= 0.6 is 0 Å². The van der Waals surface area contributed by atoms with Gasteiger partial charge in [-0.3, -0.25) is 4.79 Å². The van der Waals surface area contributed by atoms with Gasteiger partial charge in [-0.25, -0.2) is 0 Å². The van der Waals surface area contributed by atoms with Crippen molar-refractivity contribution in [1.82, 2.24) is 4.90 Å². The number of ether oxygens (including phenoxy) is 1. The van der Waals surface area contributed by atoms with Crippen LogP contribution in [0.4, 0.5) is 5.69 Å². The molecule has 1 unspecified atom stereocenters. The maximum Gasteiger partial charge on any atom is 0.257 e. The smallest absolute Gasteiger partial charge is 0.257 e. The first-order chi connectivity index (χ1) is 11.8. The number of carbonyl (C=O) groups excluding carboxylic acids is 1. The van der Waals surface area contributed by atoms with Crippen molar-refractivity contribution in [3.8, 4) is 5.75 Å². The normalized spacial score (nSPS) is 16.3. The molecule has 0 spiro atoms. The number of amides is 1. The number of carbonyl (C=O) groups is 1. The van der Waals surface area contributed by atoms with Crippen LogP contribution in [0.1, 0.15) is 35.4 Å². The molecule has 0 aliphatic carbocycles. The molecule has 1 heterocycles. The fourth-order valence-corrected chi connectivity index (χ4v) is 3.00. The van der Waals surface area contributed by atoms with Crippen LogP contribution in [0.25, 0.3) is 0 Å². The second-order valence-electron chi connectivity index (χ2n) is 5.73. The van der Waals surface area contributed by atoms with Gasteiger partial charge >= 0.3 is 0 Å². The molecule has 4 heteroatoms. The molecule has 24 heavy (non-hydrogen) atoms. The monoisotopic (exact) mass is 322 g/mol. The van der Waals surface area contributed by atoms with Gasteiger partial charge in [0, 0.05) is 17.8 Å². The molecule has 1 amide bonds. The molecule has 0 saturated carbocycles. The fraction of sp³-hybridized carbons (Fsp3) is 0.250. The summed E-state index contributed by atoms with van der Waals surface area (Å²) in [4.78, 5) is 14.8. The van der Waals surface area contributed by atoms with E-state index in [9.17, 15) is 4.79 Å². The number of nitrogens with zero attached hydrogens (tertiary/aromatic N) is 1. The Morgan fingerprint density at radius 2 is 1.96 bits per heavy atom. The number of hydrogen-bond donors (Lipinski definition) is 1. The Hall–Kier alpha value is -2.75. The van der Waals surface area contributed by atoms with Crippen LogP contribution in [-0.4, -0.2) is 24.0 Å². The molecule has 0 radical (unpaired) electrons. The Labute approximate surface area is 142 Å². The lowest BCUT2D eigenvalue weighted by Gasteiger charge is -2.38. The SMILES string of the molecule is C=CCOc1ccccc1C1Nc2ccccc2C(=O)N1CCC. The molecular weight excluding hydrogens is 300 g/mol. The van der Waals surface area contributed by atoms with Crippen molar-refractivity contribution in [2.24, 2.45) is 0 Å². The lowest BCUT2D eigenvalue weighted by Crippen LogP contribution is -2.43. The summed E-state index contributed by atoms with van der Waals surface area (Å²) in [6.07, 6.45) is 2.37. The maximum atomic E-state index is 12.9. The minimum Gasteiger partial charge on any atom is -0.489 e. The number of hydrogen-bond acceptors (Lipinski definition) is 3. The van der Waals surface area contributed by atoms with E-state index in [1.54, 1.807) is 6.08 Å². The number of nitrogens with one attached hydrogen (secondary N) is 1. The highest BCUT2D eigenvalue weighted by molar-refractivity contribution is 6.01. The van der Waals surface area contributed by atoms with Gasteiger partial charge < -0.3 is 15.0 Å². The third-order valence-electron chi connectivity index (χ3n) is 4.06. The van der Waals surface area contributed by atoms with Crippen LogP contribution in [-0.2, 0) is 0 Å². The molecule has 0 bridgehead atoms. The molecule has 1 N–H and O–H groups in total. The van der Waals surface area contributed by atoms with Crippen LogP contribution in [0.5, 0.6) is 5.75 Å². The predicted octanol–water partition coefficient (Wildman–Crippen LogP) is 4.23. The first kappa shape index (κ1) is 16.1. The van der Waals surface area contributed by atoms with E-state index < -0.39 is 0 Å². The Kier molecular flexibility index (Phi) is 4.85. The second kappa shape index (κ2) is 7.21. The highest BCUT2D eigenvalue weighted by Crippen LogP contribution is 2.36. The Bertz CT molecular complexity index is 742. The van der Waals surface area contributed by atoms with Gasteiger partial charge in [0.05, 0.1) is 5.56 Å². The molecule has 0 fully saturated rings. The highest BCUT2D eigenvalue weighted by atomic mass is 16.5. The minimum atomic E-state index is -0.242. The first-order valence-corrected chi connectivity index (χ1v) is 8.25. The number of rotatable bonds is 6. The summed E-state index contributed by atoms with van der Waals surface area (Å²) in [6.45, 7) is 6.89. The fourth-order valence-electron chi connectivity index (χ4n) is 3.00. The zero-order valence-corrected chi connectivity index (χ0v) is 13.9. The summed E-state index contributed by atoms with van der Waals surface area (Å²) in [5.41, 5.74) is 2.53. The van der Waals surface area contributed by atoms with Gasteiger partial charge in [0.25, 0.3) is 5.91 Å². The lowest BCUT2D eigenvalue weighted by molar-refractivity contribution is 0.0681. The van der Waals surface area contributed by atoms with E-state index in [2.05, 4.69) is 18.8 Å². The first-order valence-electron chi connectivity index (χ1n) is 8.25. The van der Waals surface area contributed by atoms with Crippen LogP contribution in [0, 0.1) is 0 Å². The van der Waals surface area contributed by atoms with Gasteiger partial charge in [0.1, 0.15) is 18.5 Å². The summed E-state index contributed by atoms with van der Waals surface area (Å²) in [5.74, 6) is 0.818. The molecule has 124 valence electrons. The van der Waals surface area contributed by atoms with Crippen molar-refractivity contribution in [2.75, 3.05) is 18.5 Å². The molecule has 4 nitrogen and oxygen atoms in total. The molecular formula is C20H22N2O2. The number of fused-ring (bicyclic) bond motifs is 1. The van der Waals surface area contributed by atoms with Crippen LogP contribution in [0.15, 0.2) is 61.2 Å². The molecule has 2 aromatic carbocycles. The van der Waals surface area contributed by atoms with Crippen LogP contribution < -0.4 is 10.1 Å². The van der Waals surface area contributed by atoms with E-state index in [0.29, 0.717) is 18.7 Å². The molecule has 0 aromatic heterocycles. The summed E-state index contributed by atoms with van der Waals surface area (Å²) >= 11 is 0. The second-order valence-corrected chi connectivity index (χ2v) is 5.73. The van der Waals surface area contributed by atoms with Crippen molar-refractivity contribution in [3.05, 3.63) is 72.3 Å². The van der Waals surface area contributed by atoms with Crippen molar-refractivity contribution >= 4 is 11.6 Å². The van der Waals surface area contributed by atoms with Gasteiger partial charge in [-0.15, -0.1) is 0 Å². The van der Waals surface area contributed by atoms with Crippen LogP contribution in [0.3, 0.4) is 0 Å². The van der Waals surface area contributed by atoms with E-state index in [0.717, 1.165) is 23.4 Å². The topological polar surface area (TPSA) is 41.6 Å². The van der Waals surface area contributed by atoms with Crippen molar-refractivity contribution in [1.29, 1.82) is 0 Å². The Morgan fingerprint density at radius 3 is 2.75 bits per heavy atom. The third kappa shape index (κ3) is 3.00. The molecule has 0 saturated heterocycles. The van der Waals surface area contributed by atoms with Gasteiger partial charge in [0.2, 0.25) is 0 Å². The van der Waals surface area contributed by atoms with Crippen LogP contribution in [0.2, 0.25) is 0 Å². The average molecular weight is 322 g/mol. The van der Waals surface area contributed by atoms with Crippen molar-refractivity contribution in [3.63, 3.8) is 0 Å². The standard InChI is InChI=1S/C20H22N2O2/c1-3-13-22-19(16-10-6-8-12-18(16)24-14-4-2)21-17-11-7-5-9-15(17)20(22)23/h4-12,19,21H,2-3,13-14H2,1H3. The summed E-state index contributed by atoms with van der Waals surface area (Å²) < 4.78 is 5.79. The molecule has 2 aromatic rings. The average Bonchev–Trinajstić information content (AvgIpc) is 2.62. The Morgan fingerprint density at radius 1 is 1.21 bits per heavy atom. The number of anilines is 1. The zero-order valence-electron chi connectivity index (χ0n) is 13.9. The predicted molar refractivity (Wildman–Crippen MR) is 96.3 cm³/mol. The zero-order chi connectivity index (χ0) is 16.9. The summed E-state index contributed by atoms with van der Waals surface area (Å²) in [7, 11) is 0. The molecule has 3 rings (SSSR count). The van der Waals surface area contributed by atoms with E-state index in [1.165, 1.54) is 0 Å². The van der Waals surface area contributed by atoms with E-state index in [-0.39, 0.29) is 12.1 Å². The summed E-state index contributed by atoms with van der Waals surface area (Å²) in [5, 5.41) is 3.49. The van der Waals surface area contributed by atoms with E-state index >= 15 is 0 Å². The van der Waals surface area contributed by atoms with Gasteiger partial charge in [-0.05, 0) is 24.6 Å². The highest BCUT2D eigenvalue weighted by Gasteiger charge is 2.33. The minimum absolute atomic E-state index is 0.0507. The van der Waals surface area contributed by atoms with E-state index in [4.69, 9.17) is 4.74 Å². The van der Waals surface area contributed by atoms with Gasteiger partial charge in [0.15, 0.2) is 0 Å². The van der Waals surface area contributed by atoms with Gasteiger partial charge in [-0.1, -0.05) is 49.9 Å². The molecule has 1 aliphatic heterocycles. The Balaban J connectivity index is 2.02. The third-order valence-corrected chi connectivity index (χ3v) is 4.06. The van der Waals surface area contributed by atoms with Crippen molar-refractivity contribution < 1.29 is 9.53 Å². The van der Waals surface area contributed by atoms with E-state index in [1.807, 2.05) is 53.4 Å². The largest absolute Gasteiger partial charge is 0.489 e. The van der Waals surface area contributed by atoms with Gasteiger partial charge in [-0.2, -0.15) is 0 Å². The number of benzene rings is 2. The quantitative estimate of drug-likeness (QED) is 0.809. The molecule has 1 atom stereocenters. The number of para-hydroxylation sites is 2.